The van der Waals surface area contributed by atoms with Crippen molar-refractivity contribution in [3.8, 4) is 19.5 Å². The molecule has 2 nitrogen and oxygen atoms in total. The summed E-state index contributed by atoms with van der Waals surface area (Å²) in [5, 5.41) is 0. The molecule has 0 bridgehead atoms. The molecule has 1 aliphatic heterocycles. The van der Waals surface area contributed by atoms with Gasteiger partial charge in [-0.3, -0.25) is 0 Å². The lowest BCUT2D eigenvalue weighted by Gasteiger charge is -1.91. The topological polar surface area (TPSA) is 24.7 Å². The molecule has 3 aromatic heterocycles. The molecular formula is C12H4Br2N2S4. The summed E-state index contributed by atoms with van der Waals surface area (Å²) in [7, 11) is 0. The van der Waals surface area contributed by atoms with E-state index in [4.69, 9.17) is 0 Å². The average molecular weight is 464 g/mol. The highest BCUT2D eigenvalue weighted by Crippen LogP contribution is 2.56. The van der Waals surface area contributed by atoms with Gasteiger partial charge in [0.05, 0.1) is 28.7 Å². The Morgan fingerprint density at radius 3 is 1.60 bits per heavy atom. The van der Waals surface area contributed by atoms with Crippen LogP contribution >= 0.6 is 65.9 Å². The van der Waals surface area contributed by atoms with Crippen LogP contribution in [0.15, 0.2) is 40.6 Å². The minimum Gasteiger partial charge on any atom is -0.171 e. The Labute approximate surface area is 147 Å². The molecule has 1 aliphatic rings. The van der Waals surface area contributed by atoms with Gasteiger partial charge in [-0.15, -0.1) is 34.0 Å². The van der Waals surface area contributed by atoms with Crippen LogP contribution in [0, 0.1) is 0 Å². The first-order chi connectivity index (χ1) is 9.72. The largest absolute Gasteiger partial charge is 0.171 e. The van der Waals surface area contributed by atoms with Crippen LogP contribution in [0.4, 0.5) is 11.4 Å². The molecule has 0 radical (unpaired) electrons. The van der Waals surface area contributed by atoms with Crippen LogP contribution in [-0.4, -0.2) is 0 Å². The molecule has 0 N–H and O–H groups in total. The number of fused-ring (bicyclic) bond motifs is 1. The molecular weight excluding hydrogens is 460 g/mol. The molecule has 0 saturated carbocycles. The number of thiophene rings is 3. The van der Waals surface area contributed by atoms with Crippen LogP contribution in [0.3, 0.4) is 0 Å². The predicted molar refractivity (Wildman–Crippen MR) is 97.9 cm³/mol. The summed E-state index contributed by atoms with van der Waals surface area (Å²) in [6.45, 7) is 0. The normalized spacial score (nSPS) is 12.7. The van der Waals surface area contributed by atoms with Crippen molar-refractivity contribution in [2.75, 3.05) is 0 Å². The van der Waals surface area contributed by atoms with Gasteiger partial charge in [-0.05, 0) is 56.1 Å². The smallest absolute Gasteiger partial charge is 0.124 e. The van der Waals surface area contributed by atoms with Gasteiger partial charge in [0.15, 0.2) is 0 Å². The minimum atomic E-state index is 1.02. The van der Waals surface area contributed by atoms with Gasteiger partial charge >= 0.3 is 0 Å². The Bertz CT molecular complexity index is 817. The van der Waals surface area contributed by atoms with Crippen LogP contribution in [-0.2, 0) is 11.4 Å². The molecule has 0 spiro atoms. The number of hydrogen-bond acceptors (Lipinski definition) is 5. The van der Waals surface area contributed by atoms with Gasteiger partial charge in [0.25, 0.3) is 0 Å². The third kappa shape index (κ3) is 2.22. The number of halogens is 2. The van der Waals surface area contributed by atoms with Crippen molar-refractivity contribution >= 4 is 88.6 Å². The molecule has 0 saturated heterocycles. The molecule has 0 unspecified atom stereocenters. The fraction of sp³-hybridized carbons (Fsp3) is 0. The molecule has 0 amide bonds. The molecule has 0 aromatic carbocycles. The summed E-state index contributed by atoms with van der Waals surface area (Å²) >= 11 is 13.6. The molecule has 20 heavy (non-hydrogen) atoms. The quantitative estimate of drug-likeness (QED) is 0.294. The SMILES string of the molecule is Brc1ccc(-c2sc(-c3ccc(Br)s3)c3c2N=S=N3)s1. The first-order valence-electron chi connectivity index (χ1n) is 5.49. The zero-order valence-electron chi connectivity index (χ0n) is 9.59. The molecule has 4 rings (SSSR count). The number of hydrogen-bond donors (Lipinski definition) is 0. The van der Waals surface area contributed by atoms with Crippen molar-refractivity contribution in [3.05, 3.63) is 31.8 Å². The summed E-state index contributed by atoms with van der Waals surface area (Å²) in [4.78, 5) is 4.90. The van der Waals surface area contributed by atoms with Crippen molar-refractivity contribution in [2.24, 2.45) is 8.73 Å². The second-order valence-corrected chi connectivity index (χ2v) is 10.4. The zero-order chi connectivity index (χ0) is 13.7. The lowest BCUT2D eigenvalue weighted by atomic mass is 10.2. The van der Waals surface area contributed by atoms with E-state index in [0.29, 0.717) is 0 Å². The number of nitrogens with zero attached hydrogens (tertiary/aromatic N) is 2. The predicted octanol–water partition coefficient (Wildman–Crippen LogP) is 7.46. The fourth-order valence-electron chi connectivity index (χ4n) is 1.89. The number of rotatable bonds is 2. The summed E-state index contributed by atoms with van der Waals surface area (Å²) in [5.74, 6) is 0. The molecule has 3 aromatic rings. The van der Waals surface area contributed by atoms with E-state index in [0.717, 1.165) is 18.9 Å². The van der Waals surface area contributed by atoms with Crippen LogP contribution in [0.5, 0.6) is 0 Å². The Morgan fingerprint density at radius 2 is 1.20 bits per heavy atom. The van der Waals surface area contributed by atoms with Gasteiger partial charge in [-0.1, -0.05) is 0 Å². The van der Waals surface area contributed by atoms with Crippen LogP contribution < -0.4 is 0 Å². The van der Waals surface area contributed by atoms with E-state index in [9.17, 15) is 0 Å². The minimum absolute atomic E-state index is 1.02. The van der Waals surface area contributed by atoms with E-state index in [-0.39, 0.29) is 0 Å². The fourth-order valence-corrected chi connectivity index (χ4v) is 6.74. The third-order valence-electron chi connectivity index (χ3n) is 2.72. The second kappa shape index (κ2) is 5.26. The molecule has 100 valence electrons. The van der Waals surface area contributed by atoms with Gasteiger partial charge in [0.2, 0.25) is 0 Å². The first-order valence-corrected chi connectivity index (χ1v) is 10.3. The lowest BCUT2D eigenvalue weighted by molar-refractivity contribution is 1.62. The monoisotopic (exact) mass is 462 g/mol. The van der Waals surface area contributed by atoms with E-state index in [2.05, 4.69) is 64.9 Å². The molecule has 4 heterocycles. The average Bonchev–Trinajstić information content (AvgIpc) is 3.12. The highest BCUT2D eigenvalue weighted by Gasteiger charge is 2.24. The summed E-state index contributed by atoms with van der Waals surface area (Å²) in [6, 6.07) is 8.42. The highest BCUT2D eigenvalue weighted by molar-refractivity contribution is 9.11. The van der Waals surface area contributed by atoms with Crippen molar-refractivity contribution in [3.63, 3.8) is 0 Å². The van der Waals surface area contributed by atoms with Gasteiger partial charge in [0.1, 0.15) is 11.4 Å². The van der Waals surface area contributed by atoms with E-state index in [1.54, 1.807) is 34.0 Å². The maximum absolute atomic E-state index is 4.48. The van der Waals surface area contributed by atoms with Gasteiger partial charge in [0, 0.05) is 9.75 Å². The molecule has 8 heteroatoms. The van der Waals surface area contributed by atoms with Crippen molar-refractivity contribution in [2.45, 2.75) is 0 Å². The standard InChI is InChI=1S/C12H4Br2N2S4/c13-7-3-1-5(17-7)11-9-10(16-20-15-9)12(19-11)6-2-4-8(14)18-6/h1-4H. The molecule has 0 aliphatic carbocycles. The summed E-state index contributed by atoms with van der Waals surface area (Å²) < 4.78 is 11.2. The summed E-state index contributed by atoms with van der Waals surface area (Å²) in [5.41, 5.74) is 2.04. The maximum Gasteiger partial charge on any atom is 0.124 e. The van der Waals surface area contributed by atoms with Gasteiger partial charge in [-0.2, -0.15) is 8.73 Å². The Morgan fingerprint density at radius 1 is 0.700 bits per heavy atom. The van der Waals surface area contributed by atoms with Crippen LogP contribution in [0.2, 0.25) is 0 Å². The van der Waals surface area contributed by atoms with Gasteiger partial charge < -0.3 is 0 Å². The van der Waals surface area contributed by atoms with Crippen molar-refractivity contribution in [1.82, 2.24) is 0 Å². The maximum atomic E-state index is 4.48. The lowest BCUT2D eigenvalue weighted by Crippen LogP contribution is -1.61. The zero-order valence-corrected chi connectivity index (χ0v) is 16.0. The molecule has 0 fully saturated rings. The van der Waals surface area contributed by atoms with Crippen LogP contribution in [0.1, 0.15) is 0 Å². The summed E-state index contributed by atoms with van der Waals surface area (Å²) in [6.07, 6.45) is 0. The van der Waals surface area contributed by atoms with Gasteiger partial charge in [-0.25, -0.2) is 0 Å². The Balaban J connectivity index is 1.93. The van der Waals surface area contributed by atoms with E-state index in [1.165, 1.54) is 30.9 Å². The van der Waals surface area contributed by atoms with E-state index in [1.807, 2.05) is 0 Å². The molecule has 0 atom stereocenters. The van der Waals surface area contributed by atoms with Crippen LogP contribution in [0.25, 0.3) is 19.5 Å². The Kier molecular flexibility index (Phi) is 3.56. The second-order valence-electron chi connectivity index (χ2n) is 3.93. The van der Waals surface area contributed by atoms with E-state index >= 15 is 0 Å². The van der Waals surface area contributed by atoms with Crippen molar-refractivity contribution in [1.29, 1.82) is 0 Å². The van der Waals surface area contributed by atoms with E-state index < -0.39 is 0 Å². The first kappa shape index (κ1) is 13.5. The third-order valence-corrected chi connectivity index (χ3v) is 8.02. The Hall–Kier alpha value is -0.120. The van der Waals surface area contributed by atoms with Crippen molar-refractivity contribution < 1.29 is 0 Å². The highest BCUT2D eigenvalue weighted by atomic mass is 79.9.